The normalized spacial score (nSPS) is 14.7. The molecule has 0 saturated carbocycles. The molecule has 2 atom stereocenters. The Morgan fingerprint density at radius 1 is 1.20 bits per heavy atom. The van der Waals surface area contributed by atoms with Gasteiger partial charge >= 0.3 is 0 Å². The van der Waals surface area contributed by atoms with Gasteiger partial charge in [-0.05, 0) is 24.6 Å². The molecule has 0 bridgehead atoms. The van der Waals surface area contributed by atoms with Gasteiger partial charge in [0.25, 0.3) is 0 Å². The Morgan fingerprint density at radius 2 is 1.80 bits per heavy atom. The molecule has 2 N–H and O–H groups in total. The van der Waals surface area contributed by atoms with E-state index in [2.05, 4.69) is 0 Å². The van der Waals surface area contributed by atoms with E-state index in [0.29, 0.717) is 6.61 Å². The van der Waals surface area contributed by atoms with Crippen LogP contribution in [-0.2, 0) is 0 Å². The molecule has 0 spiro atoms. The van der Waals surface area contributed by atoms with Crippen molar-refractivity contribution < 1.29 is 14.9 Å². The van der Waals surface area contributed by atoms with Crippen molar-refractivity contribution in [2.45, 2.75) is 20.0 Å². The van der Waals surface area contributed by atoms with Crippen LogP contribution in [-0.4, -0.2) is 23.4 Å². The lowest BCUT2D eigenvalue weighted by Gasteiger charge is -2.11. The van der Waals surface area contributed by atoms with Gasteiger partial charge in [0.05, 0.1) is 12.7 Å². The van der Waals surface area contributed by atoms with Crippen LogP contribution in [0.25, 0.3) is 0 Å². The van der Waals surface area contributed by atoms with Crippen molar-refractivity contribution in [2.75, 3.05) is 13.2 Å². The van der Waals surface area contributed by atoms with Crippen LogP contribution in [0, 0.1) is 5.92 Å². The molecule has 15 heavy (non-hydrogen) atoms. The second kappa shape index (κ2) is 5.73. The Morgan fingerprint density at radius 3 is 2.27 bits per heavy atom. The quantitative estimate of drug-likeness (QED) is 0.778. The molecule has 0 radical (unpaired) electrons. The highest BCUT2D eigenvalue weighted by molar-refractivity contribution is 5.28. The molecule has 0 saturated heterocycles. The first-order valence-electron chi connectivity index (χ1n) is 5.15. The summed E-state index contributed by atoms with van der Waals surface area (Å²) < 4.78 is 5.45. The van der Waals surface area contributed by atoms with Crippen LogP contribution in [0.5, 0.6) is 5.75 Å². The maximum absolute atomic E-state index is 9.30. The van der Waals surface area contributed by atoms with E-state index in [0.717, 1.165) is 11.3 Å². The van der Waals surface area contributed by atoms with Gasteiger partial charge in [0.1, 0.15) is 5.75 Å². The monoisotopic (exact) mass is 210 g/mol. The van der Waals surface area contributed by atoms with E-state index >= 15 is 0 Å². The van der Waals surface area contributed by atoms with Crippen LogP contribution >= 0.6 is 0 Å². The first kappa shape index (κ1) is 12.0. The molecule has 2 unspecified atom stereocenters. The average molecular weight is 210 g/mol. The third kappa shape index (κ3) is 3.90. The zero-order chi connectivity index (χ0) is 11.3. The Bertz CT molecular complexity index is 279. The van der Waals surface area contributed by atoms with E-state index in [1.165, 1.54) is 0 Å². The third-order valence-electron chi connectivity index (χ3n) is 2.21. The summed E-state index contributed by atoms with van der Waals surface area (Å²) in [5.74, 6) is 0.904. The number of aliphatic hydroxyl groups is 2. The predicted molar refractivity (Wildman–Crippen MR) is 58.8 cm³/mol. The smallest absolute Gasteiger partial charge is 0.119 e. The topological polar surface area (TPSA) is 49.7 Å². The van der Waals surface area contributed by atoms with E-state index in [1.807, 2.05) is 31.2 Å². The van der Waals surface area contributed by atoms with Crippen LogP contribution in [0.4, 0.5) is 0 Å². The number of rotatable bonds is 5. The lowest BCUT2D eigenvalue weighted by molar-refractivity contribution is 0.174. The third-order valence-corrected chi connectivity index (χ3v) is 2.21. The summed E-state index contributed by atoms with van der Waals surface area (Å²) in [6.07, 6.45) is -0.449. The molecule has 3 nitrogen and oxygen atoms in total. The fourth-order valence-corrected chi connectivity index (χ4v) is 1.13. The van der Waals surface area contributed by atoms with E-state index in [4.69, 9.17) is 9.84 Å². The van der Waals surface area contributed by atoms with Crippen molar-refractivity contribution in [2.24, 2.45) is 5.92 Å². The second-order valence-electron chi connectivity index (χ2n) is 3.84. The molecule has 1 rings (SSSR count). The van der Waals surface area contributed by atoms with Crippen molar-refractivity contribution in [3.63, 3.8) is 0 Å². The maximum Gasteiger partial charge on any atom is 0.119 e. The number of hydrogen-bond acceptors (Lipinski definition) is 3. The molecule has 0 aliphatic rings. The number of aliphatic hydroxyl groups excluding tert-OH is 2. The predicted octanol–water partition coefficient (Wildman–Crippen LogP) is 1.75. The summed E-state index contributed by atoms with van der Waals surface area (Å²) in [6, 6.07) is 7.32. The minimum absolute atomic E-state index is 0.131. The highest BCUT2D eigenvalue weighted by Gasteiger charge is 2.03. The second-order valence-corrected chi connectivity index (χ2v) is 3.84. The van der Waals surface area contributed by atoms with Gasteiger partial charge < -0.3 is 14.9 Å². The Balaban J connectivity index is 2.50. The van der Waals surface area contributed by atoms with Gasteiger partial charge in [-0.2, -0.15) is 0 Å². The van der Waals surface area contributed by atoms with E-state index in [-0.39, 0.29) is 12.5 Å². The summed E-state index contributed by atoms with van der Waals surface area (Å²) in [6.45, 7) is 4.28. The lowest BCUT2D eigenvalue weighted by atomic mass is 10.1. The zero-order valence-corrected chi connectivity index (χ0v) is 9.18. The number of benzene rings is 1. The molecule has 0 fully saturated rings. The SMILES string of the molecule is CC(CO)COc1ccc(C(C)O)cc1. The molecule has 84 valence electrons. The van der Waals surface area contributed by atoms with E-state index < -0.39 is 6.10 Å². The standard InChI is InChI=1S/C12H18O3/c1-9(7-13)8-15-12-5-3-11(4-6-12)10(2)14/h3-6,9-10,13-14H,7-8H2,1-2H3. The average Bonchev–Trinajstić information content (AvgIpc) is 2.26. The largest absolute Gasteiger partial charge is 0.493 e. The summed E-state index contributed by atoms with van der Waals surface area (Å²) in [4.78, 5) is 0. The molecular weight excluding hydrogens is 192 g/mol. The van der Waals surface area contributed by atoms with Gasteiger partial charge in [0.2, 0.25) is 0 Å². The van der Waals surface area contributed by atoms with Crippen molar-refractivity contribution in [3.8, 4) is 5.75 Å². The highest BCUT2D eigenvalue weighted by Crippen LogP contribution is 2.17. The van der Waals surface area contributed by atoms with Gasteiger partial charge in [-0.3, -0.25) is 0 Å². The van der Waals surface area contributed by atoms with Crippen LogP contribution in [0.2, 0.25) is 0 Å². The van der Waals surface area contributed by atoms with Crippen LogP contribution in [0.3, 0.4) is 0 Å². The summed E-state index contributed by atoms with van der Waals surface area (Å²) in [5, 5.41) is 18.1. The molecule has 3 heteroatoms. The Labute approximate surface area is 90.3 Å². The van der Waals surface area contributed by atoms with Crippen molar-refractivity contribution >= 4 is 0 Å². The van der Waals surface area contributed by atoms with Gasteiger partial charge in [-0.15, -0.1) is 0 Å². The highest BCUT2D eigenvalue weighted by atomic mass is 16.5. The Hall–Kier alpha value is -1.06. The van der Waals surface area contributed by atoms with Gasteiger partial charge in [0.15, 0.2) is 0 Å². The maximum atomic E-state index is 9.30. The van der Waals surface area contributed by atoms with Crippen molar-refractivity contribution in [1.29, 1.82) is 0 Å². The van der Waals surface area contributed by atoms with Gasteiger partial charge in [-0.1, -0.05) is 19.1 Å². The van der Waals surface area contributed by atoms with E-state index in [9.17, 15) is 5.11 Å². The molecule has 0 aromatic heterocycles. The molecule has 0 amide bonds. The number of hydrogen-bond donors (Lipinski definition) is 2. The first-order valence-corrected chi connectivity index (χ1v) is 5.15. The van der Waals surface area contributed by atoms with Crippen molar-refractivity contribution in [1.82, 2.24) is 0 Å². The zero-order valence-electron chi connectivity index (χ0n) is 9.18. The molecular formula is C12H18O3. The summed E-state index contributed by atoms with van der Waals surface area (Å²) in [7, 11) is 0. The summed E-state index contributed by atoms with van der Waals surface area (Å²) >= 11 is 0. The fraction of sp³-hybridized carbons (Fsp3) is 0.500. The molecule has 1 aromatic rings. The van der Waals surface area contributed by atoms with Crippen LogP contribution in [0.15, 0.2) is 24.3 Å². The Kier molecular flexibility index (Phi) is 4.59. The fourth-order valence-electron chi connectivity index (χ4n) is 1.13. The minimum Gasteiger partial charge on any atom is -0.493 e. The number of ether oxygens (including phenoxy) is 1. The van der Waals surface area contributed by atoms with E-state index in [1.54, 1.807) is 6.92 Å². The lowest BCUT2D eigenvalue weighted by Crippen LogP contribution is -2.12. The van der Waals surface area contributed by atoms with Gasteiger partial charge in [-0.25, -0.2) is 0 Å². The molecule has 0 aliphatic heterocycles. The van der Waals surface area contributed by atoms with Crippen LogP contribution < -0.4 is 4.74 Å². The van der Waals surface area contributed by atoms with Crippen LogP contribution in [0.1, 0.15) is 25.5 Å². The molecule has 0 heterocycles. The summed E-state index contributed by atoms with van der Waals surface area (Å²) in [5.41, 5.74) is 0.873. The molecule has 0 aliphatic carbocycles. The minimum atomic E-state index is -0.449. The first-order chi connectivity index (χ1) is 7.13. The van der Waals surface area contributed by atoms with Gasteiger partial charge in [0, 0.05) is 12.5 Å². The molecule has 1 aromatic carbocycles. The van der Waals surface area contributed by atoms with Crippen molar-refractivity contribution in [3.05, 3.63) is 29.8 Å².